The van der Waals surface area contributed by atoms with Crippen molar-refractivity contribution < 1.29 is 13.2 Å². The maximum Gasteiger partial charge on any atom is 0.240 e. The van der Waals surface area contributed by atoms with E-state index in [1.165, 1.54) is 6.92 Å². The summed E-state index contributed by atoms with van der Waals surface area (Å²) in [4.78, 5) is 13.6. The highest BCUT2D eigenvalue weighted by molar-refractivity contribution is 7.89. The maximum atomic E-state index is 12.5. The lowest BCUT2D eigenvalue weighted by Crippen LogP contribution is -2.34. The van der Waals surface area contributed by atoms with E-state index < -0.39 is 10.0 Å². The van der Waals surface area contributed by atoms with Crippen LogP contribution >= 0.6 is 0 Å². The van der Waals surface area contributed by atoms with E-state index in [9.17, 15) is 13.2 Å². The Morgan fingerprint density at radius 2 is 2.17 bits per heavy atom. The predicted molar refractivity (Wildman–Crippen MR) is 88.6 cm³/mol. The van der Waals surface area contributed by atoms with E-state index in [1.807, 2.05) is 6.07 Å². The summed E-state index contributed by atoms with van der Waals surface area (Å²) in [5, 5.41) is 0. The summed E-state index contributed by atoms with van der Waals surface area (Å²) >= 11 is 0. The molecule has 0 spiro atoms. The summed E-state index contributed by atoms with van der Waals surface area (Å²) in [6, 6.07) is 5.06. The highest BCUT2D eigenvalue weighted by Crippen LogP contribution is 2.37. The third-order valence-corrected chi connectivity index (χ3v) is 6.19. The van der Waals surface area contributed by atoms with E-state index in [1.54, 1.807) is 17.0 Å². The maximum absolute atomic E-state index is 12.5. The Morgan fingerprint density at radius 3 is 2.83 bits per heavy atom. The van der Waals surface area contributed by atoms with Gasteiger partial charge in [-0.1, -0.05) is 6.07 Å². The van der Waals surface area contributed by atoms with Crippen LogP contribution < -0.4 is 15.4 Å². The van der Waals surface area contributed by atoms with Gasteiger partial charge in [0.15, 0.2) is 0 Å². The minimum absolute atomic E-state index is 0.0581. The zero-order valence-corrected chi connectivity index (χ0v) is 14.1. The highest BCUT2D eigenvalue weighted by Gasteiger charge is 2.36. The molecule has 0 saturated heterocycles. The van der Waals surface area contributed by atoms with Gasteiger partial charge in [0.1, 0.15) is 0 Å². The molecule has 1 aliphatic heterocycles. The summed E-state index contributed by atoms with van der Waals surface area (Å²) in [6.07, 6.45) is 2.76. The van der Waals surface area contributed by atoms with Crippen LogP contribution in [-0.2, 0) is 21.2 Å². The normalized spacial score (nSPS) is 23.5. The molecule has 2 aliphatic rings. The number of fused-ring (bicyclic) bond motifs is 1. The van der Waals surface area contributed by atoms with Crippen molar-refractivity contribution in [2.24, 2.45) is 17.6 Å². The van der Waals surface area contributed by atoms with Crippen molar-refractivity contribution in [1.82, 2.24) is 4.72 Å². The van der Waals surface area contributed by atoms with Gasteiger partial charge in [0.05, 0.1) is 4.90 Å². The number of nitrogens with one attached hydrogen (secondary N) is 1. The third-order valence-electron chi connectivity index (χ3n) is 4.77. The Labute approximate surface area is 137 Å². The van der Waals surface area contributed by atoms with E-state index in [0.29, 0.717) is 31.5 Å². The predicted octanol–water partition coefficient (Wildman–Crippen LogP) is 0.859. The van der Waals surface area contributed by atoms with E-state index in [4.69, 9.17) is 5.73 Å². The van der Waals surface area contributed by atoms with Crippen LogP contribution in [0.3, 0.4) is 0 Å². The Hall–Kier alpha value is -1.44. The number of anilines is 1. The summed E-state index contributed by atoms with van der Waals surface area (Å²) < 4.78 is 27.6. The molecular formula is C16H23N3O3S. The van der Waals surface area contributed by atoms with Crippen LogP contribution in [0.4, 0.5) is 5.69 Å². The first-order valence-electron chi connectivity index (χ1n) is 8.03. The number of aryl methyl sites for hydroxylation is 1. The summed E-state index contributed by atoms with van der Waals surface area (Å²) in [5.74, 6) is 0.729. The number of nitrogens with two attached hydrogens (primary N) is 1. The second-order valence-electron chi connectivity index (χ2n) is 6.41. The number of amides is 1. The number of hydrogen-bond donors (Lipinski definition) is 2. The molecule has 23 heavy (non-hydrogen) atoms. The van der Waals surface area contributed by atoms with Crippen molar-refractivity contribution >= 4 is 21.6 Å². The first-order chi connectivity index (χ1) is 10.9. The molecule has 1 aromatic rings. The zero-order chi connectivity index (χ0) is 16.6. The third kappa shape index (κ3) is 3.41. The van der Waals surface area contributed by atoms with E-state index in [2.05, 4.69) is 4.72 Å². The van der Waals surface area contributed by atoms with E-state index >= 15 is 0 Å². The number of nitrogens with zero attached hydrogens (tertiary/aromatic N) is 1. The zero-order valence-electron chi connectivity index (χ0n) is 13.3. The molecule has 1 saturated carbocycles. The van der Waals surface area contributed by atoms with Gasteiger partial charge in [0, 0.05) is 25.7 Å². The largest absolute Gasteiger partial charge is 0.330 e. The molecule has 3 N–H and O–H groups in total. The summed E-state index contributed by atoms with van der Waals surface area (Å²) in [7, 11) is -3.56. The average Bonchev–Trinajstić information content (AvgIpc) is 3.30. The van der Waals surface area contributed by atoms with E-state index in [0.717, 1.165) is 30.5 Å². The smallest absolute Gasteiger partial charge is 0.240 e. The number of hydrogen-bond acceptors (Lipinski definition) is 4. The minimum Gasteiger partial charge on any atom is -0.330 e. The van der Waals surface area contributed by atoms with Crippen molar-refractivity contribution in [3.8, 4) is 0 Å². The lowest BCUT2D eigenvalue weighted by atomic mass is 10.0. The van der Waals surface area contributed by atoms with Gasteiger partial charge in [-0.3, -0.25) is 4.79 Å². The van der Waals surface area contributed by atoms with Crippen molar-refractivity contribution in [2.75, 3.05) is 24.5 Å². The number of benzene rings is 1. The molecule has 0 aromatic heterocycles. The molecule has 1 heterocycles. The van der Waals surface area contributed by atoms with Gasteiger partial charge in [-0.05, 0) is 55.3 Å². The molecule has 3 rings (SSSR count). The topological polar surface area (TPSA) is 92.5 Å². The number of carbonyl (C=O) groups excluding carboxylic acids is 1. The number of rotatable bonds is 5. The molecule has 2 unspecified atom stereocenters. The molecule has 1 aliphatic carbocycles. The van der Waals surface area contributed by atoms with Crippen molar-refractivity contribution in [3.05, 3.63) is 23.8 Å². The second-order valence-corrected chi connectivity index (χ2v) is 8.18. The molecule has 126 valence electrons. The van der Waals surface area contributed by atoms with Crippen molar-refractivity contribution in [1.29, 1.82) is 0 Å². The van der Waals surface area contributed by atoms with Crippen LogP contribution in [-0.4, -0.2) is 34.0 Å². The molecule has 0 bridgehead atoms. The molecule has 6 nitrogen and oxygen atoms in total. The first-order valence-corrected chi connectivity index (χ1v) is 9.51. The molecule has 2 atom stereocenters. The monoisotopic (exact) mass is 337 g/mol. The fraction of sp³-hybridized carbons (Fsp3) is 0.562. The quantitative estimate of drug-likeness (QED) is 0.833. The van der Waals surface area contributed by atoms with Crippen LogP contribution in [0, 0.1) is 11.8 Å². The van der Waals surface area contributed by atoms with Gasteiger partial charge in [0.25, 0.3) is 0 Å². The van der Waals surface area contributed by atoms with Crippen molar-refractivity contribution in [2.45, 2.75) is 31.1 Å². The van der Waals surface area contributed by atoms with Gasteiger partial charge in [0.2, 0.25) is 15.9 Å². The van der Waals surface area contributed by atoms with Crippen molar-refractivity contribution in [3.63, 3.8) is 0 Å². The molecule has 1 aromatic carbocycles. The fourth-order valence-electron chi connectivity index (χ4n) is 3.20. The standard InChI is InChI=1S/C16H23N3O3S/c1-11(20)19-6-2-3-12-4-5-15(8-16(12)19)23(21,22)18-10-14-7-13(14)9-17/h4-5,8,13-14,18H,2-3,6-7,9-10,17H2,1H3. The number of sulfonamides is 1. The van der Waals surface area contributed by atoms with Crippen LogP contribution in [0.1, 0.15) is 25.3 Å². The first kappa shape index (κ1) is 16.4. The van der Waals surface area contributed by atoms with Gasteiger partial charge >= 0.3 is 0 Å². The van der Waals surface area contributed by atoms with Crippen LogP contribution in [0.15, 0.2) is 23.1 Å². The van der Waals surface area contributed by atoms with E-state index in [-0.39, 0.29) is 10.8 Å². The molecule has 1 amide bonds. The Balaban J connectivity index is 1.80. The highest BCUT2D eigenvalue weighted by atomic mass is 32.2. The Bertz CT molecular complexity index is 717. The molecule has 0 radical (unpaired) electrons. The van der Waals surface area contributed by atoms with Gasteiger partial charge < -0.3 is 10.6 Å². The summed E-state index contributed by atoms with van der Waals surface area (Å²) in [6.45, 7) is 3.19. The van der Waals surface area contributed by atoms with Gasteiger partial charge in [-0.25, -0.2) is 13.1 Å². The van der Waals surface area contributed by atoms with Crippen LogP contribution in [0.2, 0.25) is 0 Å². The van der Waals surface area contributed by atoms with Gasteiger partial charge in [-0.15, -0.1) is 0 Å². The lowest BCUT2D eigenvalue weighted by Gasteiger charge is -2.29. The summed E-state index contributed by atoms with van der Waals surface area (Å²) in [5.41, 5.74) is 7.32. The van der Waals surface area contributed by atoms with Crippen LogP contribution in [0.5, 0.6) is 0 Å². The average molecular weight is 337 g/mol. The molecular weight excluding hydrogens is 314 g/mol. The minimum atomic E-state index is -3.56. The van der Waals surface area contributed by atoms with Crippen LogP contribution in [0.25, 0.3) is 0 Å². The number of carbonyl (C=O) groups is 1. The molecule has 1 fully saturated rings. The fourth-order valence-corrected chi connectivity index (χ4v) is 4.31. The lowest BCUT2D eigenvalue weighted by molar-refractivity contribution is -0.116. The van der Waals surface area contributed by atoms with Gasteiger partial charge in [-0.2, -0.15) is 0 Å². The Morgan fingerprint density at radius 1 is 1.39 bits per heavy atom. The second kappa shape index (κ2) is 6.22. The SMILES string of the molecule is CC(=O)N1CCCc2ccc(S(=O)(=O)NCC3CC3CN)cc21. The Kier molecular flexibility index (Phi) is 4.44. The molecule has 7 heteroatoms.